The van der Waals surface area contributed by atoms with Gasteiger partial charge >= 0.3 is 21.5 Å². The van der Waals surface area contributed by atoms with E-state index in [-0.39, 0.29) is 10.7 Å². The fourth-order valence-corrected chi connectivity index (χ4v) is 3.12. The molecular weight excluding hydrogens is 318 g/mol. The van der Waals surface area contributed by atoms with Gasteiger partial charge in [0.1, 0.15) is 0 Å². The van der Waals surface area contributed by atoms with Crippen molar-refractivity contribution in [2.24, 2.45) is 0 Å². The highest BCUT2D eigenvalue weighted by Gasteiger charge is 2.31. The van der Waals surface area contributed by atoms with Gasteiger partial charge in [-0.15, -0.1) is 0 Å². The van der Waals surface area contributed by atoms with Crippen molar-refractivity contribution >= 4 is 15.7 Å². The average molecular weight is 329 g/mol. The Balaban J connectivity index is 2.73. The number of hydrogen-bond acceptors (Lipinski definition) is 7. The molecule has 0 saturated carbocycles. The lowest BCUT2D eigenvalue weighted by molar-refractivity contribution is -0.387. The zero-order chi connectivity index (χ0) is 16.5. The molecule has 2 rings (SSSR count). The summed E-state index contributed by atoms with van der Waals surface area (Å²) in [4.78, 5) is 32.8. The maximum Gasteiger partial charge on any atom is 0.443 e. The SMILES string of the molecule is CCCn1c(=O)on(S(=O)(=O)c2ccccc2[N+](=O)[O-])c1=O. The highest BCUT2D eigenvalue weighted by molar-refractivity contribution is 7.89. The lowest BCUT2D eigenvalue weighted by atomic mass is 10.3. The second-order valence-electron chi connectivity index (χ2n) is 4.25. The van der Waals surface area contributed by atoms with Gasteiger partial charge in [-0.3, -0.25) is 10.1 Å². The molecule has 0 unspecified atom stereocenters. The lowest BCUT2D eigenvalue weighted by Gasteiger charge is -2.02. The Morgan fingerprint density at radius 1 is 1.27 bits per heavy atom. The summed E-state index contributed by atoms with van der Waals surface area (Å²) in [6.45, 7) is 1.65. The molecule has 2 aromatic rings. The van der Waals surface area contributed by atoms with Gasteiger partial charge in [0.25, 0.3) is 5.69 Å². The van der Waals surface area contributed by atoms with Crippen molar-refractivity contribution in [1.29, 1.82) is 0 Å². The maximum atomic E-state index is 12.4. The first kappa shape index (κ1) is 15.7. The average Bonchev–Trinajstić information content (AvgIpc) is 2.76. The van der Waals surface area contributed by atoms with E-state index in [1.54, 1.807) is 6.92 Å². The van der Waals surface area contributed by atoms with Crippen molar-refractivity contribution in [3.05, 3.63) is 55.4 Å². The summed E-state index contributed by atoms with van der Waals surface area (Å²) in [5.74, 6) is -1.14. The predicted octanol–water partition coefficient (Wildman–Crippen LogP) is 0.158. The van der Waals surface area contributed by atoms with Crippen LogP contribution >= 0.6 is 0 Å². The third-order valence-electron chi connectivity index (χ3n) is 2.77. The van der Waals surface area contributed by atoms with Crippen LogP contribution in [-0.2, 0) is 16.6 Å². The molecule has 0 N–H and O–H groups in total. The van der Waals surface area contributed by atoms with Gasteiger partial charge in [0.05, 0.1) is 4.92 Å². The van der Waals surface area contributed by atoms with E-state index >= 15 is 0 Å². The van der Waals surface area contributed by atoms with Crippen LogP contribution in [0.1, 0.15) is 13.3 Å². The highest BCUT2D eigenvalue weighted by Crippen LogP contribution is 2.23. The Hall–Kier alpha value is -2.69. The molecule has 118 valence electrons. The second-order valence-corrected chi connectivity index (χ2v) is 5.97. The molecular formula is C11H11N3O7S. The lowest BCUT2D eigenvalue weighted by Crippen LogP contribution is -2.31. The van der Waals surface area contributed by atoms with Crippen LogP contribution < -0.4 is 11.4 Å². The number of nitrogens with zero attached hydrogens (tertiary/aromatic N) is 3. The number of rotatable bonds is 5. The molecule has 0 atom stereocenters. The minimum atomic E-state index is -4.69. The van der Waals surface area contributed by atoms with E-state index in [1.807, 2.05) is 0 Å². The van der Waals surface area contributed by atoms with Gasteiger partial charge < -0.3 is 4.52 Å². The Kier molecular flexibility index (Phi) is 3.99. The van der Waals surface area contributed by atoms with Crippen LogP contribution in [0, 0.1) is 10.1 Å². The Bertz CT molecular complexity index is 935. The molecule has 0 aliphatic rings. The van der Waals surface area contributed by atoms with E-state index in [1.165, 1.54) is 12.1 Å². The van der Waals surface area contributed by atoms with Crippen molar-refractivity contribution in [1.82, 2.24) is 8.71 Å². The van der Waals surface area contributed by atoms with Gasteiger partial charge in [0.15, 0.2) is 4.90 Å². The third kappa shape index (κ3) is 2.45. The van der Waals surface area contributed by atoms with Gasteiger partial charge in [0, 0.05) is 12.6 Å². The molecule has 11 heteroatoms. The predicted molar refractivity (Wildman–Crippen MR) is 73.2 cm³/mol. The molecule has 0 spiro atoms. The summed E-state index contributed by atoms with van der Waals surface area (Å²) in [5.41, 5.74) is -1.93. The fourth-order valence-electron chi connectivity index (χ4n) is 1.81. The zero-order valence-corrected chi connectivity index (χ0v) is 12.1. The van der Waals surface area contributed by atoms with Crippen LogP contribution in [0.15, 0.2) is 43.3 Å². The number of para-hydroxylation sites is 1. The van der Waals surface area contributed by atoms with Crippen LogP contribution in [0.4, 0.5) is 5.69 Å². The summed E-state index contributed by atoms with van der Waals surface area (Å²) in [6, 6.07) is 4.46. The Morgan fingerprint density at radius 2 is 1.91 bits per heavy atom. The molecule has 0 saturated heterocycles. The Morgan fingerprint density at radius 3 is 2.50 bits per heavy atom. The standard InChI is InChI=1S/C11H11N3O7S/c1-2-7-12-10(15)14(21-11(12)16)22(19,20)9-6-4-3-5-8(9)13(17)18/h3-6H,2,7H2,1H3. The minimum Gasteiger partial charge on any atom is -0.301 e. The highest BCUT2D eigenvalue weighted by atomic mass is 32.2. The third-order valence-corrected chi connectivity index (χ3v) is 4.34. The van der Waals surface area contributed by atoms with Crippen molar-refractivity contribution in [3.63, 3.8) is 0 Å². The number of benzene rings is 1. The smallest absolute Gasteiger partial charge is 0.301 e. The monoisotopic (exact) mass is 329 g/mol. The largest absolute Gasteiger partial charge is 0.443 e. The zero-order valence-electron chi connectivity index (χ0n) is 11.3. The number of nitro groups is 1. The molecule has 1 aromatic heterocycles. The van der Waals surface area contributed by atoms with Gasteiger partial charge in [0.2, 0.25) is 0 Å². The number of nitro benzene ring substituents is 1. The molecule has 0 amide bonds. The van der Waals surface area contributed by atoms with Gasteiger partial charge in [-0.1, -0.05) is 19.1 Å². The van der Waals surface area contributed by atoms with Crippen molar-refractivity contribution in [3.8, 4) is 0 Å². The van der Waals surface area contributed by atoms with E-state index in [9.17, 15) is 28.1 Å². The summed E-state index contributed by atoms with van der Waals surface area (Å²) < 4.78 is 29.6. The topological polar surface area (TPSA) is 134 Å². The number of aromatic nitrogens is 2. The van der Waals surface area contributed by atoms with E-state index < -0.39 is 37.0 Å². The molecule has 0 aliphatic carbocycles. The van der Waals surface area contributed by atoms with Crippen LogP contribution in [-0.4, -0.2) is 22.1 Å². The van der Waals surface area contributed by atoms with Crippen LogP contribution in [0.5, 0.6) is 0 Å². The van der Waals surface area contributed by atoms with Gasteiger partial charge in [-0.05, 0) is 16.6 Å². The molecule has 10 nitrogen and oxygen atoms in total. The molecule has 1 aromatic carbocycles. The van der Waals surface area contributed by atoms with Gasteiger partial charge in [-0.25, -0.2) is 14.2 Å². The van der Waals surface area contributed by atoms with Crippen molar-refractivity contribution in [2.75, 3.05) is 0 Å². The molecule has 0 fully saturated rings. The first-order valence-corrected chi connectivity index (χ1v) is 7.57. The van der Waals surface area contributed by atoms with Gasteiger partial charge in [-0.2, -0.15) is 8.42 Å². The first-order valence-electron chi connectivity index (χ1n) is 6.13. The maximum absolute atomic E-state index is 12.4. The molecule has 0 aliphatic heterocycles. The quantitative estimate of drug-likeness (QED) is 0.563. The van der Waals surface area contributed by atoms with Crippen molar-refractivity contribution in [2.45, 2.75) is 24.8 Å². The first-order chi connectivity index (χ1) is 10.3. The fraction of sp³-hybridized carbons (Fsp3) is 0.273. The van der Waals surface area contributed by atoms with E-state index in [0.717, 1.165) is 12.1 Å². The summed E-state index contributed by atoms with van der Waals surface area (Å²) in [6.07, 6.45) is 0.403. The van der Waals surface area contributed by atoms with E-state index in [2.05, 4.69) is 4.52 Å². The second kappa shape index (κ2) is 5.60. The molecule has 0 radical (unpaired) electrons. The summed E-state index contributed by atoms with van der Waals surface area (Å²) >= 11 is 0. The van der Waals surface area contributed by atoms with E-state index in [4.69, 9.17) is 0 Å². The van der Waals surface area contributed by atoms with Crippen LogP contribution in [0.2, 0.25) is 0 Å². The summed E-state index contributed by atoms with van der Waals surface area (Å²) in [5, 5.41) is 10.9. The van der Waals surface area contributed by atoms with Crippen LogP contribution in [0.3, 0.4) is 0 Å². The summed E-state index contributed by atoms with van der Waals surface area (Å²) in [7, 11) is -4.69. The molecule has 22 heavy (non-hydrogen) atoms. The van der Waals surface area contributed by atoms with Crippen molar-refractivity contribution < 1.29 is 17.9 Å². The molecule has 0 bridgehead atoms. The van der Waals surface area contributed by atoms with Crippen LogP contribution in [0.25, 0.3) is 0 Å². The van der Waals surface area contributed by atoms with E-state index in [0.29, 0.717) is 11.0 Å². The minimum absolute atomic E-state index is 0.0272. The number of hydrogen-bond donors (Lipinski definition) is 0. The Labute approximate surface area is 123 Å². The normalized spacial score (nSPS) is 11.5. The molecule has 1 heterocycles.